The number of rotatable bonds is 6. The highest BCUT2D eigenvalue weighted by Crippen LogP contribution is 2.34. The Kier molecular flexibility index (Phi) is 5.98. The SMILES string of the molecule is CC=CN1CCC(c2c[nH]n3c(C(N)=O)c(-c4ccc(Oc5ccc(F)cc5F)cc4)nc23)CC1. The van der Waals surface area contributed by atoms with E-state index >= 15 is 0 Å². The largest absolute Gasteiger partial charge is 0.454 e. The number of carbonyl (C=O) groups is 1. The van der Waals surface area contributed by atoms with Crippen molar-refractivity contribution in [1.82, 2.24) is 19.5 Å². The molecule has 2 aromatic carbocycles. The lowest BCUT2D eigenvalue weighted by Gasteiger charge is -2.30. The number of hydrogen-bond acceptors (Lipinski definition) is 4. The van der Waals surface area contributed by atoms with Crippen LogP contribution < -0.4 is 10.5 Å². The summed E-state index contributed by atoms with van der Waals surface area (Å²) in [6, 6.07) is 9.83. The van der Waals surface area contributed by atoms with E-state index in [-0.39, 0.29) is 11.4 Å². The van der Waals surface area contributed by atoms with Gasteiger partial charge in [0.25, 0.3) is 5.91 Å². The Hall–Kier alpha value is -4.14. The minimum absolute atomic E-state index is 0.0857. The van der Waals surface area contributed by atoms with E-state index in [9.17, 15) is 13.6 Å². The number of primary amides is 1. The van der Waals surface area contributed by atoms with E-state index in [1.165, 1.54) is 6.07 Å². The molecule has 1 amide bonds. The van der Waals surface area contributed by atoms with Crippen LogP contribution in [0.15, 0.2) is 60.9 Å². The number of nitrogens with zero attached hydrogens (tertiary/aromatic N) is 3. The molecule has 0 aliphatic carbocycles. The first kappa shape index (κ1) is 22.6. The van der Waals surface area contributed by atoms with Crippen LogP contribution in [0.25, 0.3) is 16.9 Å². The first-order valence-corrected chi connectivity index (χ1v) is 11.4. The number of halogens is 2. The summed E-state index contributed by atoms with van der Waals surface area (Å²) in [5, 5.41) is 3.15. The number of ether oxygens (including phenoxy) is 1. The average molecular weight is 478 g/mol. The normalized spacial score (nSPS) is 14.8. The van der Waals surface area contributed by atoms with Gasteiger partial charge < -0.3 is 15.4 Å². The number of aromatic amines is 1. The van der Waals surface area contributed by atoms with Gasteiger partial charge in [0.2, 0.25) is 0 Å². The number of imidazole rings is 1. The maximum Gasteiger partial charge on any atom is 0.269 e. The number of benzene rings is 2. The van der Waals surface area contributed by atoms with E-state index in [4.69, 9.17) is 15.5 Å². The van der Waals surface area contributed by atoms with Gasteiger partial charge in [-0.2, -0.15) is 0 Å². The highest BCUT2D eigenvalue weighted by molar-refractivity contribution is 5.98. The Balaban J connectivity index is 1.44. The fraction of sp³-hybridized carbons (Fsp3) is 0.231. The van der Waals surface area contributed by atoms with E-state index in [0.717, 1.165) is 43.6 Å². The van der Waals surface area contributed by atoms with Crippen LogP contribution in [-0.4, -0.2) is 38.5 Å². The number of fused-ring (bicyclic) bond motifs is 1. The molecule has 1 aliphatic rings. The van der Waals surface area contributed by atoms with Gasteiger partial charge in [0, 0.05) is 36.5 Å². The van der Waals surface area contributed by atoms with Crippen LogP contribution >= 0.6 is 0 Å². The molecule has 1 fully saturated rings. The molecule has 0 spiro atoms. The van der Waals surface area contributed by atoms with E-state index in [1.54, 1.807) is 28.8 Å². The smallest absolute Gasteiger partial charge is 0.269 e. The average Bonchev–Trinajstić information content (AvgIpc) is 3.41. The van der Waals surface area contributed by atoms with Crippen molar-refractivity contribution in [3.63, 3.8) is 0 Å². The Labute approximate surface area is 200 Å². The highest BCUT2D eigenvalue weighted by Gasteiger charge is 2.27. The number of likely N-dealkylation sites (tertiary alicyclic amines) is 1. The maximum atomic E-state index is 13.9. The van der Waals surface area contributed by atoms with Gasteiger partial charge in [0.1, 0.15) is 17.3 Å². The lowest BCUT2D eigenvalue weighted by molar-refractivity contribution is 0.0994. The fourth-order valence-corrected chi connectivity index (χ4v) is 4.60. The lowest BCUT2D eigenvalue weighted by Crippen LogP contribution is -2.28. The molecule has 180 valence electrons. The number of nitrogens with one attached hydrogen (secondary N) is 1. The summed E-state index contributed by atoms with van der Waals surface area (Å²) in [5.74, 6) is -1.48. The summed E-state index contributed by atoms with van der Waals surface area (Å²) in [6.45, 7) is 3.93. The first-order valence-electron chi connectivity index (χ1n) is 11.4. The van der Waals surface area contributed by atoms with Gasteiger partial charge >= 0.3 is 0 Å². The Morgan fingerprint density at radius 1 is 1.17 bits per heavy atom. The summed E-state index contributed by atoms with van der Waals surface area (Å²) in [7, 11) is 0. The molecular formula is C26H25F2N5O2. The van der Waals surface area contributed by atoms with Crippen LogP contribution in [0.3, 0.4) is 0 Å². The van der Waals surface area contributed by atoms with Crippen LogP contribution in [0.4, 0.5) is 8.78 Å². The van der Waals surface area contributed by atoms with Gasteiger partial charge in [-0.05, 0) is 68.3 Å². The number of aromatic nitrogens is 3. The molecule has 0 atom stereocenters. The molecule has 2 aromatic heterocycles. The van der Waals surface area contributed by atoms with Gasteiger partial charge in [0.05, 0.1) is 0 Å². The second-order valence-corrected chi connectivity index (χ2v) is 8.55. The highest BCUT2D eigenvalue weighted by atomic mass is 19.1. The van der Waals surface area contributed by atoms with Gasteiger partial charge in [-0.25, -0.2) is 18.3 Å². The van der Waals surface area contributed by atoms with Crippen molar-refractivity contribution < 1.29 is 18.3 Å². The van der Waals surface area contributed by atoms with Crippen molar-refractivity contribution in [2.75, 3.05) is 13.1 Å². The minimum atomic E-state index is -0.794. The summed E-state index contributed by atoms with van der Waals surface area (Å²) in [5.41, 5.74) is 8.86. The topological polar surface area (TPSA) is 88.7 Å². The minimum Gasteiger partial charge on any atom is -0.454 e. The molecule has 0 saturated carbocycles. The summed E-state index contributed by atoms with van der Waals surface area (Å²) in [6.07, 6.45) is 8.03. The van der Waals surface area contributed by atoms with Gasteiger partial charge in [-0.15, -0.1) is 0 Å². The number of hydrogen-bond donors (Lipinski definition) is 2. The molecule has 3 heterocycles. The third kappa shape index (κ3) is 4.37. The quantitative estimate of drug-likeness (QED) is 0.399. The predicted molar refractivity (Wildman–Crippen MR) is 128 cm³/mol. The van der Waals surface area contributed by atoms with E-state index in [0.29, 0.717) is 28.6 Å². The van der Waals surface area contributed by atoms with Crippen LogP contribution in [0, 0.1) is 11.6 Å². The Morgan fingerprint density at radius 3 is 2.57 bits per heavy atom. The molecule has 0 radical (unpaired) electrons. The zero-order valence-electron chi connectivity index (χ0n) is 19.2. The van der Waals surface area contributed by atoms with Gasteiger partial charge in [-0.1, -0.05) is 6.08 Å². The predicted octanol–water partition coefficient (Wildman–Crippen LogP) is 5.21. The molecule has 9 heteroatoms. The van der Waals surface area contributed by atoms with E-state index in [1.807, 2.05) is 19.2 Å². The summed E-state index contributed by atoms with van der Waals surface area (Å²) in [4.78, 5) is 19.5. The molecular weight excluding hydrogens is 452 g/mol. The molecule has 5 rings (SSSR count). The van der Waals surface area contributed by atoms with Crippen molar-refractivity contribution >= 4 is 11.6 Å². The van der Waals surface area contributed by atoms with Crippen LogP contribution in [0.5, 0.6) is 11.5 Å². The number of piperidine rings is 1. The third-order valence-corrected chi connectivity index (χ3v) is 6.30. The standard InChI is InChI=1S/C26H25F2N5O2/c1-2-11-32-12-9-16(10-13-32)20-15-30-33-24(25(29)34)23(31-26(20)33)17-3-6-19(7-4-17)35-22-8-5-18(27)14-21(22)28/h2-8,11,14-16,30H,9-10,12-13H2,1H3,(H2,29,34). The van der Waals surface area contributed by atoms with Crippen molar-refractivity contribution in [2.24, 2.45) is 5.73 Å². The van der Waals surface area contributed by atoms with Crippen molar-refractivity contribution in [1.29, 1.82) is 0 Å². The Morgan fingerprint density at radius 2 is 1.91 bits per heavy atom. The molecule has 7 nitrogen and oxygen atoms in total. The molecule has 0 bridgehead atoms. The van der Waals surface area contributed by atoms with E-state index in [2.05, 4.69) is 16.2 Å². The van der Waals surface area contributed by atoms with Gasteiger partial charge in [-0.3, -0.25) is 9.89 Å². The van der Waals surface area contributed by atoms with Crippen LogP contribution in [0.1, 0.15) is 41.7 Å². The molecule has 1 saturated heterocycles. The van der Waals surface area contributed by atoms with Crippen molar-refractivity contribution in [3.05, 3.63) is 83.8 Å². The number of allylic oxidation sites excluding steroid dienone is 1. The molecule has 0 unspecified atom stereocenters. The molecule has 35 heavy (non-hydrogen) atoms. The van der Waals surface area contributed by atoms with Crippen molar-refractivity contribution in [2.45, 2.75) is 25.7 Å². The number of amides is 1. The maximum absolute atomic E-state index is 13.9. The molecule has 4 aromatic rings. The Bertz CT molecular complexity index is 1400. The zero-order chi connectivity index (χ0) is 24.5. The van der Waals surface area contributed by atoms with Crippen LogP contribution in [-0.2, 0) is 0 Å². The van der Waals surface area contributed by atoms with Gasteiger partial charge in [0.15, 0.2) is 22.9 Å². The number of carbonyl (C=O) groups excluding carboxylic acids is 1. The monoisotopic (exact) mass is 477 g/mol. The summed E-state index contributed by atoms with van der Waals surface area (Å²) < 4.78 is 34.2. The van der Waals surface area contributed by atoms with Crippen molar-refractivity contribution in [3.8, 4) is 22.8 Å². The second kappa shape index (κ2) is 9.25. The molecule has 1 aliphatic heterocycles. The van der Waals surface area contributed by atoms with E-state index < -0.39 is 17.5 Å². The first-order chi connectivity index (χ1) is 16.9. The fourth-order valence-electron chi connectivity index (χ4n) is 4.60. The lowest BCUT2D eigenvalue weighted by atomic mass is 9.91. The second-order valence-electron chi connectivity index (χ2n) is 8.55. The zero-order valence-corrected chi connectivity index (χ0v) is 19.2. The number of nitrogens with two attached hydrogens (primary N) is 1. The third-order valence-electron chi connectivity index (χ3n) is 6.30. The van der Waals surface area contributed by atoms with Crippen LogP contribution in [0.2, 0.25) is 0 Å². The summed E-state index contributed by atoms with van der Waals surface area (Å²) >= 11 is 0. The number of H-pyrrole nitrogens is 1. The molecule has 3 N–H and O–H groups in total.